The Kier molecular flexibility index (Phi) is 4.53. The van der Waals surface area contributed by atoms with Gasteiger partial charge in [-0.25, -0.2) is 4.39 Å². The third-order valence-electron chi connectivity index (χ3n) is 2.89. The summed E-state index contributed by atoms with van der Waals surface area (Å²) in [6, 6.07) is 12.5. The van der Waals surface area contributed by atoms with E-state index in [-0.39, 0.29) is 5.82 Å². The maximum atomic E-state index is 12.8. The normalized spacial score (nSPS) is 10.5. The Morgan fingerprint density at radius 2 is 1.84 bits per heavy atom. The van der Waals surface area contributed by atoms with Crippen LogP contribution in [0.2, 0.25) is 0 Å². The van der Waals surface area contributed by atoms with Crippen LogP contribution in [0.3, 0.4) is 0 Å². The van der Waals surface area contributed by atoms with Crippen LogP contribution in [-0.2, 0) is 13.2 Å². The molecule has 2 rings (SSSR count). The van der Waals surface area contributed by atoms with Gasteiger partial charge in [0.25, 0.3) is 0 Å². The third kappa shape index (κ3) is 3.80. The highest BCUT2D eigenvalue weighted by Gasteiger charge is 2.04. The third-order valence-corrected chi connectivity index (χ3v) is 2.89. The van der Waals surface area contributed by atoms with E-state index < -0.39 is 0 Å². The largest absolute Gasteiger partial charge is 0.489 e. The fraction of sp³-hybridized carbons (Fsp3) is 0.250. The Labute approximate surface area is 113 Å². The molecule has 0 aromatic heterocycles. The number of hydrogen-bond acceptors (Lipinski definition) is 2. The SMILES string of the molecule is CNCc1cc(C)ccc1OCc1ccc(F)cc1. The molecule has 3 heteroatoms. The fourth-order valence-corrected chi connectivity index (χ4v) is 1.92. The number of rotatable bonds is 5. The lowest BCUT2D eigenvalue weighted by Crippen LogP contribution is -2.08. The van der Waals surface area contributed by atoms with Crippen LogP contribution in [0.15, 0.2) is 42.5 Å². The second-order valence-corrected chi connectivity index (χ2v) is 4.56. The van der Waals surface area contributed by atoms with Crippen molar-refractivity contribution in [1.82, 2.24) is 5.32 Å². The molecule has 0 unspecified atom stereocenters. The summed E-state index contributed by atoms with van der Waals surface area (Å²) in [5.74, 6) is 0.638. The zero-order valence-electron chi connectivity index (χ0n) is 11.2. The highest BCUT2D eigenvalue weighted by molar-refractivity contribution is 5.37. The number of nitrogens with one attached hydrogen (secondary N) is 1. The molecule has 0 aliphatic heterocycles. The van der Waals surface area contributed by atoms with Crippen molar-refractivity contribution in [2.24, 2.45) is 0 Å². The summed E-state index contributed by atoms with van der Waals surface area (Å²) in [5, 5.41) is 3.13. The minimum Gasteiger partial charge on any atom is -0.489 e. The molecule has 1 N–H and O–H groups in total. The molecule has 0 saturated carbocycles. The van der Waals surface area contributed by atoms with E-state index in [4.69, 9.17) is 4.74 Å². The summed E-state index contributed by atoms with van der Waals surface area (Å²) < 4.78 is 18.6. The Hall–Kier alpha value is -1.87. The lowest BCUT2D eigenvalue weighted by atomic mass is 10.1. The van der Waals surface area contributed by atoms with Crippen molar-refractivity contribution in [3.8, 4) is 5.75 Å². The van der Waals surface area contributed by atoms with Crippen LogP contribution < -0.4 is 10.1 Å². The summed E-state index contributed by atoms with van der Waals surface area (Å²) in [4.78, 5) is 0. The van der Waals surface area contributed by atoms with Crippen molar-refractivity contribution in [3.05, 3.63) is 65.0 Å². The quantitative estimate of drug-likeness (QED) is 0.888. The standard InChI is InChI=1S/C16H18FNO/c1-12-3-8-16(14(9-12)10-18-2)19-11-13-4-6-15(17)7-5-13/h3-9,18H,10-11H2,1-2H3. The predicted octanol–water partition coefficient (Wildman–Crippen LogP) is 3.43. The van der Waals surface area contributed by atoms with Gasteiger partial charge < -0.3 is 10.1 Å². The number of halogens is 1. The molecule has 100 valence electrons. The molecule has 0 heterocycles. The monoisotopic (exact) mass is 259 g/mol. The van der Waals surface area contributed by atoms with E-state index in [9.17, 15) is 4.39 Å². The Morgan fingerprint density at radius 3 is 2.53 bits per heavy atom. The molecule has 2 aromatic carbocycles. The van der Waals surface area contributed by atoms with Gasteiger partial charge in [-0.2, -0.15) is 0 Å². The van der Waals surface area contributed by atoms with Gasteiger partial charge in [0.1, 0.15) is 18.2 Å². The van der Waals surface area contributed by atoms with Crippen LogP contribution in [0.4, 0.5) is 4.39 Å². The summed E-state index contributed by atoms with van der Waals surface area (Å²) in [6.07, 6.45) is 0. The molecule has 0 amide bonds. The topological polar surface area (TPSA) is 21.3 Å². The van der Waals surface area contributed by atoms with Crippen LogP contribution in [0.25, 0.3) is 0 Å². The first kappa shape index (κ1) is 13.6. The van der Waals surface area contributed by atoms with Gasteiger partial charge in [0, 0.05) is 12.1 Å². The number of benzene rings is 2. The summed E-state index contributed by atoms with van der Waals surface area (Å²) in [5.41, 5.74) is 3.29. The lowest BCUT2D eigenvalue weighted by Gasteiger charge is -2.12. The van der Waals surface area contributed by atoms with E-state index in [1.807, 2.05) is 19.2 Å². The van der Waals surface area contributed by atoms with Crippen molar-refractivity contribution in [2.75, 3.05) is 7.05 Å². The number of aryl methyl sites for hydroxylation is 1. The average Bonchev–Trinajstić information content (AvgIpc) is 2.40. The molecule has 0 spiro atoms. The van der Waals surface area contributed by atoms with Crippen LogP contribution in [0, 0.1) is 12.7 Å². The minimum atomic E-state index is -0.227. The fourth-order valence-electron chi connectivity index (χ4n) is 1.92. The van der Waals surface area contributed by atoms with E-state index in [1.165, 1.54) is 17.7 Å². The predicted molar refractivity (Wildman–Crippen MR) is 74.7 cm³/mol. The van der Waals surface area contributed by atoms with Gasteiger partial charge in [-0.05, 0) is 37.7 Å². The molecule has 0 aliphatic carbocycles. The van der Waals surface area contributed by atoms with Crippen LogP contribution in [-0.4, -0.2) is 7.05 Å². The van der Waals surface area contributed by atoms with E-state index in [1.54, 1.807) is 12.1 Å². The highest BCUT2D eigenvalue weighted by Crippen LogP contribution is 2.21. The highest BCUT2D eigenvalue weighted by atomic mass is 19.1. The van der Waals surface area contributed by atoms with Gasteiger partial charge in [0.15, 0.2) is 0 Å². The van der Waals surface area contributed by atoms with Gasteiger partial charge in [-0.3, -0.25) is 0 Å². The first-order chi connectivity index (χ1) is 9.19. The van der Waals surface area contributed by atoms with Crippen molar-refractivity contribution in [1.29, 1.82) is 0 Å². The van der Waals surface area contributed by atoms with Gasteiger partial charge in [-0.15, -0.1) is 0 Å². The molecule has 0 bridgehead atoms. The summed E-state index contributed by atoms with van der Waals surface area (Å²) >= 11 is 0. The molecular formula is C16H18FNO. The molecular weight excluding hydrogens is 241 g/mol. The van der Waals surface area contributed by atoms with Crippen LogP contribution >= 0.6 is 0 Å². The molecule has 2 aromatic rings. The van der Waals surface area contributed by atoms with Crippen molar-refractivity contribution in [3.63, 3.8) is 0 Å². The first-order valence-electron chi connectivity index (χ1n) is 6.30. The average molecular weight is 259 g/mol. The maximum absolute atomic E-state index is 12.8. The molecule has 19 heavy (non-hydrogen) atoms. The second kappa shape index (κ2) is 6.34. The molecule has 0 saturated heterocycles. The molecule has 0 atom stereocenters. The Morgan fingerprint density at radius 1 is 1.11 bits per heavy atom. The zero-order chi connectivity index (χ0) is 13.7. The molecule has 0 radical (unpaired) electrons. The van der Waals surface area contributed by atoms with Gasteiger partial charge >= 0.3 is 0 Å². The minimum absolute atomic E-state index is 0.227. The zero-order valence-corrected chi connectivity index (χ0v) is 11.2. The van der Waals surface area contributed by atoms with Gasteiger partial charge in [0.05, 0.1) is 0 Å². The van der Waals surface area contributed by atoms with E-state index >= 15 is 0 Å². The van der Waals surface area contributed by atoms with Crippen molar-refractivity contribution in [2.45, 2.75) is 20.1 Å². The summed E-state index contributed by atoms with van der Waals surface area (Å²) in [7, 11) is 1.91. The van der Waals surface area contributed by atoms with Crippen molar-refractivity contribution >= 4 is 0 Å². The Balaban J connectivity index is 2.08. The van der Waals surface area contributed by atoms with E-state index in [0.29, 0.717) is 6.61 Å². The lowest BCUT2D eigenvalue weighted by molar-refractivity contribution is 0.302. The molecule has 0 fully saturated rings. The van der Waals surface area contributed by atoms with E-state index in [2.05, 4.69) is 18.3 Å². The maximum Gasteiger partial charge on any atom is 0.124 e. The number of ether oxygens (including phenoxy) is 1. The second-order valence-electron chi connectivity index (χ2n) is 4.56. The van der Waals surface area contributed by atoms with Crippen LogP contribution in [0.5, 0.6) is 5.75 Å². The van der Waals surface area contributed by atoms with Gasteiger partial charge in [-0.1, -0.05) is 29.8 Å². The van der Waals surface area contributed by atoms with Crippen LogP contribution in [0.1, 0.15) is 16.7 Å². The summed E-state index contributed by atoms with van der Waals surface area (Å²) in [6.45, 7) is 3.27. The van der Waals surface area contributed by atoms with Gasteiger partial charge in [0.2, 0.25) is 0 Å². The van der Waals surface area contributed by atoms with E-state index in [0.717, 1.165) is 23.4 Å². The first-order valence-corrected chi connectivity index (χ1v) is 6.30. The number of hydrogen-bond donors (Lipinski definition) is 1. The Bertz CT molecular complexity index is 537. The smallest absolute Gasteiger partial charge is 0.124 e. The van der Waals surface area contributed by atoms with Crippen molar-refractivity contribution < 1.29 is 9.13 Å². The molecule has 2 nitrogen and oxygen atoms in total. The molecule has 0 aliphatic rings.